The molecule has 0 bridgehead atoms. The molecule has 9 heteroatoms. The van der Waals surface area contributed by atoms with Gasteiger partial charge in [-0.2, -0.15) is 12.7 Å². The Balaban J connectivity index is 2.52. The lowest BCUT2D eigenvalue weighted by atomic mass is 10.1. The summed E-state index contributed by atoms with van der Waals surface area (Å²) in [6, 6.07) is 12.3. The number of benzene rings is 2. The lowest BCUT2D eigenvalue weighted by Crippen LogP contribution is -2.52. The highest BCUT2D eigenvalue weighted by Gasteiger charge is 2.33. The van der Waals surface area contributed by atoms with Gasteiger partial charge in [0.15, 0.2) is 0 Å². The van der Waals surface area contributed by atoms with Crippen molar-refractivity contribution >= 4 is 27.7 Å². The maximum absolute atomic E-state index is 13.7. The van der Waals surface area contributed by atoms with Crippen LogP contribution < -0.4 is 9.62 Å². The normalized spacial score (nSPS) is 12.4. The summed E-state index contributed by atoms with van der Waals surface area (Å²) in [5.41, 5.74) is 3.91. The average Bonchev–Trinajstić information content (AvgIpc) is 2.78. The third-order valence-electron chi connectivity index (χ3n) is 5.77. The van der Waals surface area contributed by atoms with Crippen molar-refractivity contribution in [3.63, 3.8) is 0 Å². The molecule has 0 heterocycles. The van der Waals surface area contributed by atoms with Crippen LogP contribution in [0.2, 0.25) is 0 Å². The van der Waals surface area contributed by atoms with Crippen LogP contribution in [-0.2, 0) is 26.3 Å². The van der Waals surface area contributed by atoms with Crippen LogP contribution in [0.4, 0.5) is 5.69 Å². The summed E-state index contributed by atoms with van der Waals surface area (Å²) in [5.74, 6) is -0.758. The van der Waals surface area contributed by atoms with Gasteiger partial charge in [-0.05, 0) is 62.9 Å². The fraction of sp³-hybridized carbons (Fsp3) is 0.440. The fourth-order valence-electron chi connectivity index (χ4n) is 3.57. The minimum Gasteiger partial charge on any atom is -0.355 e. The minimum absolute atomic E-state index is 0.187. The van der Waals surface area contributed by atoms with Gasteiger partial charge in [0.25, 0.3) is 0 Å². The van der Waals surface area contributed by atoms with Crippen LogP contribution in [0, 0.1) is 20.8 Å². The van der Waals surface area contributed by atoms with Crippen LogP contribution in [0.1, 0.15) is 36.1 Å². The van der Waals surface area contributed by atoms with E-state index in [4.69, 9.17) is 0 Å². The van der Waals surface area contributed by atoms with Crippen LogP contribution in [-0.4, -0.2) is 62.7 Å². The predicted molar refractivity (Wildman–Crippen MR) is 136 cm³/mol. The number of anilines is 1. The summed E-state index contributed by atoms with van der Waals surface area (Å²) < 4.78 is 28.7. The van der Waals surface area contributed by atoms with Crippen molar-refractivity contribution in [1.29, 1.82) is 0 Å². The Morgan fingerprint density at radius 1 is 1.00 bits per heavy atom. The zero-order valence-corrected chi connectivity index (χ0v) is 21.9. The number of nitrogens with one attached hydrogen (secondary N) is 1. The molecule has 0 saturated carbocycles. The van der Waals surface area contributed by atoms with Crippen LogP contribution in [0.5, 0.6) is 0 Å². The first-order chi connectivity index (χ1) is 15.9. The summed E-state index contributed by atoms with van der Waals surface area (Å²) in [5, 5.41) is 2.76. The number of hydrogen-bond acceptors (Lipinski definition) is 4. The lowest BCUT2D eigenvalue weighted by Gasteiger charge is -2.33. The third kappa shape index (κ3) is 6.36. The van der Waals surface area contributed by atoms with Gasteiger partial charge in [0.05, 0.1) is 5.69 Å². The number of carbonyl (C=O) groups excluding carboxylic acids is 2. The molecule has 0 aliphatic heterocycles. The Labute approximate surface area is 203 Å². The van der Waals surface area contributed by atoms with Crippen LogP contribution in [0.25, 0.3) is 0 Å². The topological polar surface area (TPSA) is 90.0 Å². The van der Waals surface area contributed by atoms with Crippen molar-refractivity contribution < 1.29 is 18.0 Å². The number of carbonyl (C=O) groups is 2. The summed E-state index contributed by atoms with van der Waals surface area (Å²) >= 11 is 0. The summed E-state index contributed by atoms with van der Waals surface area (Å²) in [6.45, 7) is 9.26. The molecule has 1 atom stereocenters. The van der Waals surface area contributed by atoms with Gasteiger partial charge < -0.3 is 10.2 Å². The quantitative estimate of drug-likeness (QED) is 0.557. The molecule has 0 radical (unpaired) electrons. The molecule has 2 aromatic rings. The van der Waals surface area contributed by atoms with Gasteiger partial charge >= 0.3 is 10.2 Å². The molecule has 0 unspecified atom stereocenters. The Hall–Kier alpha value is -2.91. The van der Waals surface area contributed by atoms with E-state index >= 15 is 0 Å². The first-order valence-corrected chi connectivity index (χ1v) is 12.7. The zero-order chi connectivity index (χ0) is 25.6. The number of aryl methyl sites for hydroxylation is 3. The monoisotopic (exact) mass is 488 g/mol. The number of hydrogen-bond donors (Lipinski definition) is 1. The lowest BCUT2D eigenvalue weighted by molar-refractivity contribution is -0.139. The zero-order valence-electron chi connectivity index (χ0n) is 21.1. The molecule has 2 rings (SSSR count). The van der Waals surface area contributed by atoms with Gasteiger partial charge in [0.1, 0.15) is 12.6 Å². The second-order valence-corrected chi connectivity index (χ2v) is 10.7. The molecule has 0 aromatic heterocycles. The Kier molecular flexibility index (Phi) is 9.23. The first-order valence-electron chi connectivity index (χ1n) is 11.3. The minimum atomic E-state index is -3.98. The third-order valence-corrected chi connectivity index (χ3v) is 7.58. The van der Waals surface area contributed by atoms with Crippen molar-refractivity contribution in [2.45, 2.75) is 47.2 Å². The second kappa shape index (κ2) is 11.5. The number of likely N-dealkylation sites (N-methyl/N-ethyl adjacent to an activating group) is 1. The molecule has 2 amide bonds. The molecule has 0 fully saturated rings. The van der Waals surface area contributed by atoms with Gasteiger partial charge in [0, 0.05) is 27.2 Å². The first kappa shape index (κ1) is 27.3. The Bertz CT molecular complexity index is 1130. The molecule has 186 valence electrons. The molecule has 0 spiro atoms. The second-order valence-electron chi connectivity index (χ2n) is 8.61. The van der Waals surface area contributed by atoms with Crippen molar-refractivity contribution in [1.82, 2.24) is 14.5 Å². The number of nitrogens with zero attached hydrogens (tertiary/aromatic N) is 3. The molecule has 0 aliphatic carbocycles. The van der Waals surface area contributed by atoms with Crippen molar-refractivity contribution in [2.24, 2.45) is 0 Å². The number of rotatable bonds is 10. The molecular weight excluding hydrogens is 452 g/mol. The molecule has 1 N–H and O–H groups in total. The Morgan fingerprint density at radius 2 is 1.65 bits per heavy atom. The van der Waals surface area contributed by atoms with Gasteiger partial charge in [-0.1, -0.05) is 36.4 Å². The van der Waals surface area contributed by atoms with E-state index in [0.717, 1.165) is 30.9 Å². The summed E-state index contributed by atoms with van der Waals surface area (Å²) in [4.78, 5) is 27.8. The predicted octanol–water partition coefficient (Wildman–Crippen LogP) is 2.78. The molecule has 2 aromatic carbocycles. The highest BCUT2D eigenvalue weighted by molar-refractivity contribution is 7.90. The van der Waals surface area contributed by atoms with E-state index in [1.54, 1.807) is 19.9 Å². The molecule has 8 nitrogen and oxygen atoms in total. The van der Waals surface area contributed by atoms with E-state index in [2.05, 4.69) is 5.32 Å². The fourth-order valence-corrected chi connectivity index (χ4v) is 4.68. The standard InChI is InChI=1S/C25H36N4O4S/c1-8-26-25(31)21(5)28(16-22-12-10-9-11-19(22)3)24(30)17-29(34(32,33)27(6)7)23-15-18(2)13-14-20(23)4/h9-15,21H,8,16-17H2,1-7H3,(H,26,31)/t21-/m0/s1. The van der Waals surface area contributed by atoms with Crippen LogP contribution >= 0.6 is 0 Å². The Morgan fingerprint density at radius 3 is 2.24 bits per heavy atom. The molecular formula is C25H36N4O4S. The van der Waals surface area contributed by atoms with Crippen LogP contribution in [0.15, 0.2) is 42.5 Å². The largest absolute Gasteiger partial charge is 0.355 e. The van der Waals surface area contributed by atoms with Crippen molar-refractivity contribution in [3.8, 4) is 0 Å². The highest BCUT2D eigenvalue weighted by atomic mass is 32.2. The van der Waals surface area contributed by atoms with Crippen LogP contribution in [0.3, 0.4) is 0 Å². The maximum atomic E-state index is 13.7. The van der Waals surface area contributed by atoms with Gasteiger partial charge in [-0.25, -0.2) is 4.31 Å². The summed E-state index contributed by atoms with van der Waals surface area (Å²) in [7, 11) is -1.12. The molecule has 34 heavy (non-hydrogen) atoms. The maximum Gasteiger partial charge on any atom is 0.304 e. The van der Waals surface area contributed by atoms with E-state index in [-0.39, 0.29) is 12.5 Å². The smallest absolute Gasteiger partial charge is 0.304 e. The highest BCUT2D eigenvalue weighted by Crippen LogP contribution is 2.26. The average molecular weight is 489 g/mol. The number of amides is 2. The van der Waals surface area contributed by atoms with Gasteiger partial charge in [0.2, 0.25) is 11.8 Å². The van der Waals surface area contributed by atoms with E-state index in [1.807, 2.05) is 57.2 Å². The summed E-state index contributed by atoms with van der Waals surface area (Å²) in [6.07, 6.45) is 0. The molecule has 0 aliphatic rings. The van der Waals surface area contributed by atoms with Crippen molar-refractivity contribution in [2.75, 3.05) is 31.5 Å². The van der Waals surface area contributed by atoms with E-state index in [9.17, 15) is 18.0 Å². The SMILES string of the molecule is CCNC(=O)[C@H](C)N(Cc1ccccc1C)C(=O)CN(c1cc(C)ccc1C)S(=O)(=O)N(C)C. The van der Waals surface area contributed by atoms with E-state index in [0.29, 0.717) is 12.2 Å². The van der Waals surface area contributed by atoms with Crippen molar-refractivity contribution in [3.05, 3.63) is 64.7 Å². The van der Waals surface area contributed by atoms with E-state index < -0.39 is 28.7 Å². The van der Waals surface area contributed by atoms with Gasteiger partial charge in [-0.15, -0.1) is 0 Å². The molecule has 0 saturated heterocycles. The van der Waals surface area contributed by atoms with Gasteiger partial charge in [-0.3, -0.25) is 9.59 Å². The van der Waals surface area contributed by atoms with E-state index in [1.165, 1.54) is 19.0 Å².